The smallest absolute Gasteiger partial charge is 0.245 e. The van der Waals surface area contributed by atoms with Crippen LogP contribution in [0.3, 0.4) is 0 Å². The van der Waals surface area contributed by atoms with Gasteiger partial charge in [0, 0.05) is 18.8 Å². The van der Waals surface area contributed by atoms with Gasteiger partial charge in [-0.05, 0) is 49.2 Å². The predicted molar refractivity (Wildman–Crippen MR) is 116 cm³/mol. The number of anilines is 2. The Bertz CT molecular complexity index is 1080. The summed E-state index contributed by atoms with van der Waals surface area (Å²) in [6.45, 7) is 0.639. The molecular formula is C20H25N3O5S2. The van der Waals surface area contributed by atoms with Crippen LogP contribution < -0.4 is 9.62 Å². The van der Waals surface area contributed by atoms with Crippen LogP contribution in [0.4, 0.5) is 11.4 Å². The van der Waals surface area contributed by atoms with Gasteiger partial charge in [-0.15, -0.1) is 0 Å². The number of carbonyl (C=O) groups excluding carboxylic acids is 1. The summed E-state index contributed by atoms with van der Waals surface area (Å²) in [5.74, 6) is -0.532. The molecule has 3 rings (SSSR count). The predicted octanol–water partition coefficient (Wildman–Crippen LogP) is 2.27. The monoisotopic (exact) mass is 451 g/mol. The van der Waals surface area contributed by atoms with Crippen LogP contribution in [0.25, 0.3) is 0 Å². The number of carbonyl (C=O) groups is 1. The Morgan fingerprint density at radius 3 is 2.10 bits per heavy atom. The lowest BCUT2D eigenvalue weighted by molar-refractivity contribution is -0.114. The maximum Gasteiger partial charge on any atom is 0.245 e. The SMILES string of the molecule is CS(=O)(=O)N(CC(=O)Nc1ccc(S(=O)(=O)N2CCCCC2)cc1)c1ccccc1. The third-order valence-corrected chi connectivity index (χ3v) is 7.88. The van der Waals surface area contributed by atoms with Crippen molar-refractivity contribution in [1.82, 2.24) is 4.31 Å². The van der Waals surface area contributed by atoms with Crippen molar-refractivity contribution in [3.8, 4) is 0 Å². The first-order valence-electron chi connectivity index (χ1n) is 9.61. The number of hydrogen-bond donors (Lipinski definition) is 1. The summed E-state index contributed by atoms with van der Waals surface area (Å²) in [5.41, 5.74) is 0.775. The Labute approximate surface area is 177 Å². The molecule has 0 spiro atoms. The van der Waals surface area contributed by atoms with Crippen molar-refractivity contribution in [1.29, 1.82) is 0 Å². The number of nitrogens with one attached hydrogen (secondary N) is 1. The Hall–Kier alpha value is -2.43. The summed E-state index contributed by atoms with van der Waals surface area (Å²) < 4.78 is 52.1. The normalized spacial score (nSPS) is 15.5. The maximum absolute atomic E-state index is 12.7. The third kappa shape index (κ3) is 5.38. The van der Waals surface area contributed by atoms with Crippen molar-refractivity contribution in [2.45, 2.75) is 24.2 Å². The van der Waals surface area contributed by atoms with Gasteiger partial charge in [-0.1, -0.05) is 24.6 Å². The first-order chi connectivity index (χ1) is 14.2. The molecule has 2 aromatic rings. The number of benzene rings is 2. The minimum atomic E-state index is -3.66. The lowest BCUT2D eigenvalue weighted by Crippen LogP contribution is -2.37. The van der Waals surface area contributed by atoms with E-state index < -0.39 is 32.5 Å². The average molecular weight is 452 g/mol. The standard InChI is InChI=1S/C20H25N3O5S2/c1-29(25,26)23(18-8-4-2-5-9-18)16-20(24)21-17-10-12-19(13-11-17)30(27,28)22-14-6-3-7-15-22/h2,4-5,8-13H,3,6-7,14-16H2,1H3,(H,21,24). The Balaban J connectivity index is 1.69. The summed E-state index contributed by atoms with van der Waals surface area (Å²) in [7, 11) is -7.20. The molecule has 162 valence electrons. The van der Waals surface area contributed by atoms with Crippen molar-refractivity contribution in [3.05, 3.63) is 54.6 Å². The lowest BCUT2D eigenvalue weighted by Gasteiger charge is -2.26. The summed E-state index contributed by atoms with van der Waals surface area (Å²) >= 11 is 0. The van der Waals surface area contributed by atoms with Crippen LogP contribution in [0.1, 0.15) is 19.3 Å². The van der Waals surface area contributed by atoms with Crippen molar-refractivity contribution >= 4 is 37.3 Å². The summed E-state index contributed by atoms with van der Waals surface area (Å²) in [6.07, 6.45) is 3.77. The average Bonchev–Trinajstić information content (AvgIpc) is 2.73. The Morgan fingerprint density at radius 1 is 0.933 bits per heavy atom. The first kappa shape index (κ1) is 22.3. The number of nitrogens with zero attached hydrogens (tertiary/aromatic N) is 2. The zero-order chi connectivity index (χ0) is 21.8. The molecule has 0 saturated carbocycles. The molecule has 10 heteroatoms. The van der Waals surface area contributed by atoms with Crippen LogP contribution >= 0.6 is 0 Å². The van der Waals surface area contributed by atoms with Crippen LogP contribution in [-0.2, 0) is 24.8 Å². The molecule has 1 fully saturated rings. The molecule has 1 aliphatic rings. The number of piperidine rings is 1. The summed E-state index contributed by atoms with van der Waals surface area (Å²) in [4.78, 5) is 12.6. The highest BCUT2D eigenvalue weighted by atomic mass is 32.2. The van der Waals surface area contributed by atoms with Crippen molar-refractivity contribution < 1.29 is 21.6 Å². The van der Waals surface area contributed by atoms with E-state index in [-0.39, 0.29) is 4.90 Å². The van der Waals surface area contributed by atoms with Gasteiger partial charge in [-0.2, -0.15) is 4.31 Å². The number of amides is 1. The summed E-state index contributed by atoms with van der Waals surface area (Å²) in [5, 5.41) is 2.62. The second-order valence-corrected chi connectivity index (χ2v) is 11.0. The number of rotatable bonds is 7. The first-order valence-corrected chi connectivity index (χ1v) is 12.9. The van der Waals surface area contributed by atoms with E-state index in [9.17, 15) is 21.6 Å². The molecule has 0 atom stereocenters. The van der Waals surface area contributed by atoms with E-state index in [4.69, 9.17) is 0 Å². The quantitative estimate of drug-likeness (QED) is 0.695. The van der Waals surface area contributed by atoms with Crippen molar-refractivity contribution in [2.24, 2.45) is 0 Å². The molecule has 0 aliphatic carbocycles. The lowest BCUT2D eigenvalue weighted by atomic mass is 10.2. The second kappa shape index (κ2) is 9.15. The van der Waals surface area contributed by atoms with E-state index in [1.54, 1.807) is 30.3 Å². The fourth-order valence-electron chi connectivity index (χ4n) is 3.29. The zero-order valence-corrected chi connectivity index (χ0v) is 18.3. The largest absolute Gasteiger partial charge is 0.325 e. The van der Waals surface area contributed by atoms with Crippen LogP contribution in [0, 0.1) is 0 Å². The number of sulfonamides is 2. The van der Waals surface area contributed by atoms with Gasteiger partial charge in [0.25, 0.3) is 0 Å². The third-order valence-electron chi connectivity index (χ3n) is 4.82. The molecule has 2 aromatic carbocycles. The van der Waals surface area contributed by atoms with Crippen LogP contribution in [0.2, 0.25) is 0 Å². The van der Waals surface area contributed by atoms with E-state index in [1.807, 2.05) is 0 Å². The van der Waals surface area contributed by atoms with Gasteiger partial charge in [0.1, 0.15) is 6.54 Å². The van der Waals surface area contributed by atoms with Gasteiger partial charge in [0.15, 0.2) is 0 Å². The van der Waals surface area contributed by atoms with Gasteiger partial charge in [0.05, 0.1) is 16.8 Å². The van der Waals surface area contributed by atoms with E-state index in [1.165, 1.54) is 28.6 Å². The van der Waals surface area contributed by atoms with E-state index in [0.29, 0.717) is 24.5 Å². The molecule has 1 aliphatic heterocycles. The minimum absolute atomic E-state index is 0.171. The highest BCUT2D eigenvalue weighted by Gasteiger charge is 2.26. The molecule has 1 N–H and O–H groups in total. The molecular weight excluding hydrogens is 426 g/mol. The molecule has 1 amide bonds. The molecule has 0 radical (unpaired) electrons. The molecule has 1 heterocycles. The van der Waals surface area contributed by atoms with Crippen molar-refractivity contribution in [3.63, 3.8) is 0 Å². The van der Waals surface area contributed by atoms with Gasteiger partial charge in [0.2, 0.25) is 26.0 Å². The molecule has 0 unspecified atom stereocenters. The molecule has 30 heavy (non-hydrogen) atoms. The molecule has 1 saturated heterocycles. The Morgan fingerprint density at radius 2 is 1.53 bits per heavy atom. The maximum atomic E-state index is 12.7. The highest BCUT2D eigenvalue weighted by Crippen LogP contribution is 2.22. The van der Waals surface area contributed by atoms with Crippen molar-refractivity contribution in [2.75, 3.05) is 35.5 Å². The molecule has 0 bridgehead atoms. The molecule has 0 aromatic heterocycles. The fraction of sp³-hybridized carbons (Fsp3) is 0.350. The van der Waals surface area contributed by atoms with Gasteiger partial charge in [-0.3, -0.25) is 9.10 Å². The fourth-order valence-corrected chi connectivity index (χ4v) is 5.66. The van der Waals surface area contributed by atoms with Gasteiger partial charge < -0.3 is 5.32 Å². The van der Waals surface area contributed by atoms with E-state index in [2.05, 4.69) is 5.32 Å². The highest BCUT2D eigenvalue weighted by molar-refractivity contribution is 7.92. The second-order valence-electron chi connectivity index (χ2n) is 7.14. The zero-order valence-electron chi connectivity index (χ0n) is 16.7. The Kier molecular flexibility index (Phi) is 6.79. The minimum Gasteiger partial charge on any atom is -0.325 e. The number of hydrogen-bond acceptors (Lipinski definition) is 5. The van der Waals surface area contributed by atoms with E-state index in [0.717, 1.165) is 29.8 Å². The van der Waals surface area contributed by atoms with Gasteiger partial charge >= 0.3 is 0 Å². The molecule has 8 nitrogen and oxygen atoms in total. The van der Waals surface area contributed by atoms with Crippen LogP contribution in [-0.4, -0.2) is 52.9 Å². The summed E-state index contributed by atoms with van der Waals surface area (Å²) in [6, 6.07) is 14.2. The van der Waals surface area contributed by atoms with E-state index >= 15 is 0 Å². The topological polar surface area (TPSA) is 104 Å². The van der Waals surface area contributed by atoms with Crippen LogP contribution in [0.15, 0.2) is 59.5 Å². The van der Waals surface area contributed by atoms with Crippen LogP contribution in [0.5, 0.6) is 0 Å². The number of para-hydroxylation sites is 1. The van der Waals surface area contributed by atoms with Gasteiger partial charge in [-0.25, -0.2) is 16.8 Å².